The van der Waals surface area contributed by atoms with Gasteiger partial charge in [0.05, 0.1) is 11.3 Å². The zero-order valence-electron chi connectivity index (χ0n) is 9.15. The number of nitrogens with two attached hydrogens (primary N) is 1. The Hall–Kier alpha value is -2.04. The van der Waals surface area contributed by atoms with Crippen molar-refractivity contribution in [3.8, 4) is 0 Å². The average Bonchev–Trinajstić information content (AvgIpc) is 2.20. The molecule has 0 aliphatic heterocycles. The summed E-state index contributed by atoms with van der Waals surface area (Å²) in [4.78, 5) is 22.4. The summed E-state index contributed by atoms with van der Waals surface area (Å²) in [6, 6.07) is 4.35. The van der Waals surface area contributed by atoms with Crippen molar-refractivity contribution in [1.82, 2.24) is 0 Å². The van der Waals surface area contributed by atoms with Crippen molar-refractivity contribution in [2.24, 2.45) is 5.92 Å². The van der Waals surface area contributed by atoms with Gasteiger partial charge in [0.2, 0.25) is 5.91 Å². The van der Waals surface area contributed by atoms with Gasteiger partial charge >= 0.3 is 5.97 Å². The van der Waals surface area contributed by atoms with Crippen molar-refractivity contribution >= 4 is 23.3 Å². The number of nitrogen functional groups attached to an aromatic ring is 1. The fourth-order valence-corrected chi connectivity index (χ4v) is 1.12. The summed E-state index contributed by atoms with van der Waals surface area (Å²) >= 11 is 0. The van der Waals surface area contributed by atoms with E-state index < -0.39 is 5.97 Å². The van der Waals surface area contributed by atoms with Crippen molar-refractivity contribution in [2.75, 3.05) is 11.1 Å². The van der Waals surface area contributed by atoms with Crippen LogP contribution >= 0.6 is 0 Å². The van der Waals surface area contributed by atoms with E-state index in [1.165, 1.54) is 12.1 Å². The minimum Gasteiger partial charge on any atom is -0.478 e. The van der Waals surface area contributed by atoms with E-state index in [0.29, 0.717) is 5.69 Å². The number of hydrogen-bond donors (Lipinski definition) is 3. The van der Waals surface area contributed by atoms with Gasteiger partial charge < -0.3 is 16.2 Å². The van der Waals surface area contributed by atoms with Gasteiger partial charge in [-0.15, -0.1) is 0 Å². The lowest BCUT2D eigenvalue weighted by atomic mass is 10.1. The maximum atomic E-state index is 11.4. The van der Waals surface area contributed by atoms with Crippen LogP contribution in [-0.4, -0.2) is 17.0 Å². The van der Waals surface area contributed by atoms with E-state index in [1.54, 1.807) is 19.9 Å². The van der Waals surface area contributed by atoms with Crippen molar-refractivity contribution < 1.29 is 14.7 Å². The Bertz CT molecular complexity index is 427. The molecule has 0 unspecified atom stereocenters. The van der Waals surface area contributed by atoms with Crippen LogP contribution in [0.4, 0.5) is 11.4 Å². The van der Waals surface area contributed by atoms with Gasteiger partial charge in [0.1, 0.15) is 0 Å². The van der Waals surface area contributed by atoms with E-state index >= 15 is 0 Å². The van der Waals surface area contributed by atoms with E-state index in [1.807, 2.05) is 0 Å². The number of amides is 1. The average molecular weight is 222 g/mol. The minimum atomic E-state index is -1.12. The molecule has 1 rings (SSSR count). The van der Waals surface area contributed by atoms with Crippen LogP contribution in [0.5, 0.6) is 0 Å². The number of benzene rings is 1. The van der Waals surface area contributed by atoms with Gasteiger partial charge in [0, 0.05) is 11.6 Å². The van der Waals surface area contributed by atoms with Gasteiger partial charge in [-0.25, -0.2) is 4.79 Å². The van der Waals surface area contributed by atoms with Crippen LogP contribution in [0.25, 0.3) is 0 Å². The third kappa shape index (κ3) is 2.73. The quantitative estimate of drug-likeness (QED) is 0.676. The molecular weight excluding hydrogens is 208 g/mol. The van der Waals surface area contributed by atoms with Crippen LogP contribution in [0.2, 0.25) is 0 Å². The molecule has 0 bridgehead atoms. The van der Waals surface area contributed by atoms with Crippen LogP contribution in [0.1, 0.15) is 24.2 Å². The third-order valence-corrected chi connectivity index (χ3v) is 2.06. The predicted molar refractivity (Wildman–Crippen MR) is 61.3 cm³/mol. The first-order valence-corrected chi connectivity index (χ1v) is 4.85. The summed E-state index contributed by atoms with van der Waals surface area (Å²) in [5, 5.41) is 11.5. The maximum absolute atomic E-state index is 11.4. The molecule has 4 N–H and O–H groups in total. The Morgan fingerprint density at radius 2 is 2.00 bits per heavy atom. The van der Waals surface area contributed by atoms with E-state index in [-0.39, 0.29) is 23.1 Å². The largest absolute Gasteiger partial charge is 0.478 e. The molecule has 0 saturated carbocycles. The number of anilines is 2. The second-order valence-corrected chi connectivity index (χ2v) is 3.75. The molecule has 1 amide bonds. The lowest BCUT2D eigenvalue weighted by Crippen LogP contribution is -2.19. The summed E-state index contributed by atoms with van der Waals surface area (Å²) in [6.07, 6.45) is 0. The van der Waals surface area contributed by atoms with Crippen molar-refractivity contribution in [3.05, 3.63) is 23.8 Å². The number of rotatable bonds is 3. The first kappa shape index (κ1) is 12.0. The second kappa shape index (κ2) is 4.65. The van der Waals surface area contributed by atoms with Crippen LogP contribution in [0.3, 0.4) is 0 Å². The zero-order chi connectivity index (χ0) is 12.3. The fraction of sp³-hybridized carbons (Fsp3) is 0.273. The number of carboxylic acids is 1. The highest BCUT2D eigenvalue weighted by molar-refractivity contribution is 6.01. The molecule has 0 aliphatic carbocycles. The molecular formula is C11H14N2O3. The summed E-state index contributed by atoms with van der Waals surface area (Å²) in [6.45, 7) is 3.46. The van der Waals surface area contributed by atoms with Gasteiger partial charge in [-0.05, 0) is 18.2 Å². The third-order valence-electron chi connectivity index (χ3n) is 2.06. The Labute approximate surface area is 93.3 Å². The smallest absolute Gasteiger partial charge is 0.337 e. The molecule has 1 aromatic carbocycles. The molecule has 16 heavy (non-hydrogen) atoms. The van der Waals surface area contributed by atoms with E-state index in [0.717, 1.165) is 0 Å². The van der Waals surface area contributed by atoms with E-state index in [9.17, 15) is 9.59 Å². The Morgan fingerprint density at radius 1 is 1.38 bits per heavy atom. The molecule has 5 nitrogen and oxygen atoms in total. The highest BCUT2D eigenvalue weighted by atomic mass is 16.4. The molecule has 0 aromatic heterocycles. The standard InChI is InChI=1S/C11H14N2O3/c1-6(2)10(14)13-9-4-3-7(12)5-8(9)11(15)16/h3-6H,12H2,1-2H3,(H,13,14)(H,15,16). The molecule has 0 spiro atoms. The molecule has 0 atom stereocenters. The first-order valence-electron chi connectivity index (χ1n) is 4.85. The lowest BCUT2D eigenvalue weighted by molar-refractivity contribution is -0.118. The zero-order valence-corrected chi connectivity index (χ0v) is 9.15. The first-order chi connectivity index (χ1) is 7.41. The monoisotopic (exact) mass is 222 g/mol. The van der Waals surface area contributed by atoms with Crippen LogP contribution in [0.15, 0.2) is 18.2 Å². The van der Waals surface area contributed by atoms with Crippen molar-refractivity contribution in [2.45, 2.75) is 13.8 Å². The summed E-state index contributed by atoms with van der Waals surface area (Å²) in [7, 11) is 0. The predicted octanol–water partition coefficient (Wildman–Crippen LogP) is 1.56. The molecule has 86 valence electrons. The van der Waals surface area contributed by atoms with Gasteiger partial charge in [0.25, 0.3) is 0 Å². The highest BCUT2D eigenvalue weighted by Crippen LogP contribution is 2.19. The second-order valence-electron chi connectivity index (χ2n) is 3.75. The Balaban J connectivity index is 3.04. The summed E-state index contributed by atoms with van der Waals surface area (Å²) in [5.74, 6) is -1.56. The minimum absolute atomic E-state index is 0.00556. The Kier molecular flexibility index (Phi) is 3.50. The summed E-state index contributed by atoms with van der Waals surface area (Å²) < 4.78 is 0. The maximum Gasteiger partial charge on any atom is 0.337 e. The number of nitrogens with one attached hydrogen (secondary N) is 1. The molecule has 0 heterocycles. The molecule has 5 heteroatoms. The normalized spacial score (nSPS) is 10.2. The SMILES string of the molecule is CC(C)C(=O)Nc1ccc(N)cc1C(=O)O. The van der Waals surface area contributed by atoms with Crippen molar-refractivity contribution in [3.63, 3.8) is 0 Å². The topological polar surface area (TPSA) is 92.4 Å². The number of carbonyl (C=O) groups is 2. The summed E-state index contributed by atoms with van der Waals surface area (Å²) in [5.41, 5.74) is 6.09. The van der Waals surface area contributed by atoms with Crippen LogP contribution in [-0.2, 0) is 4.79 Å². The Morgan fingerprint density at radius 3 is 2.50 bits per heavy atom. The number of carboxylic acid groups (broad SMARTS) is 1. The van der Waals surface area contributed by atoms with E-state index in [2.05, 4.69) is 5.32 Å². The van der Waals surface area contributed by atoms with Gasteiger partial charge in [0.15, 0.2) is 0 Å². The lowest BCUT2D eigenvalue weighted by Gasteiger charge is -2.10. The van der Waals surface area contributed by atoms with Crippen LogP contribution < -0.4 is 11.1 Å². The number of hydrogen-bond acceptors (Lipinski definition) is 3. The number of aromatic carboxylic acids is 1. The fourth-order valence-electron chi connectivity index (χ4n) is 1.12. The molecule has 1 aromatic rings. The van der Waals surface area contributed by atoms with E-state index in [4.69, 9.17) is 10.8 Å². The molecule has 0 radical (unpaired) electrons. The van der Waals surface area contributed by atoms with Crippen LogP contribution in [0, 0.1) is 5.92 Å². The van der Waals surface area contributed by atoms with Crippen molar-refractivity contribution in [1.29, 1.82) is 0 Å². The van der Waals surface area contributed by atoms with Gasteiger partial charge in [-0.3, -0.25) is 4.79 Å². The van der Waals surface area contributed by atoms with Gasteiger partial charge in [-0.1, -0.05) is 13.8 Å². The highest BCUT2D eigenvalue weighted by Gasteiger charge is 2.14. The number of carbonyl (C=O) groups excluding carboxylic acids is 1. The molecule has 0 fully saturated rings. The molecule has 0 aliphatic rings. The van der Waals surface area contributed by atoms with Gasteiger partial charge in [-0.2, -0.15) is 0 Å². The molecule has 0 saturated heterocycles.